The topological polar surface area (TPSA) is 61.4 Å². The van der Waals surface area contributed by atoms with Gasteiger partial charge in [0, 0.05) is 45.4 Å². The molecule has 2 N–H and O–H groups in total. The monoisotopic (exact) mass is 263 g/mol. The minimum absolute atomic E-state index is 0.0968. The molecule has 0 aromatic heterocycles. The highest BCUT2D eigenvalue weighted by Gasteiger charge is 2.08. The van der Waals surface area contributed by atoms with Gasteiger partial charge in [-0.05, 0) is 30.7 Å². The van der Waals surface area contributed by atoms with Gasteiger partial charge in [-0.15, -0.1) is 0 Å². The molecule has 0 aliphatic rings. The van der Waals surface area contributed by atoms with Crippen LogP contribution in [-0.2, 0) is 4.79 Å². The molecule has 0 unspecified atom stereocenters. The van der Waals surface area contributed by atoms with Gasteiger partial charge in [0.25, 0.3) is 5.91 Å². The first-order chi connectivity index (χ1) is 8.91. The molecule has 0 aliphatic carbocycles. The molecule has 5 heteroatoms. The maximum Gasteiger partial charge on any atom is 0.251 e. The van der Waals surface area contributed by atoms with Gasteiger partial charge in [0.1, 0.15) is 0 Å². The Bertz CT molecular complexity index is 470. The van der Waals surface area contributed by atoms with Crippen molar-refractivity contribution in [1.29, 1.82) is 0 Å². The smallest absolute Gasteiger partial charge is 0.251 e. The number of nitrogens with zero attached hydrogens (tertiary/aromatic N) is 1. The summed E-state index contributed by atoms with van der Waals surface area (Å²) in [7, 11) is 3.94. The summed E-state index contributed by atoms with van der Waals surface area (Å²) in [6, 6.07) is 5.59. The van der Waals surface area contributed by atoms with Crippen LogP contribution in [0.2, 0.25) is 0 Å². The molecule has 0 heterocycles. The maximum atomic E-state index is 11.9. The second kappa shape index (κ2) is 6.78. The van der Waals surface area contributed by atoms with Gasteiger partial charge in [-0.25, -0.2) is 0 Å². The van der Waals surface area contributed by atoms with Crippen LogP contribution in [0.25, 0.3) is 0 Å². The number of benzene rings is 1. The van der Waals surface area contributed by atoms with Gasteiger partial charge in [0.2, 0.25) is 5.91 Å². The summed E-state index contributed by atoms with van der Waals surface area (Å²) >= 11 is 0. The second-order valence-corrected chi connectivity index (χ2v) is 4.63. The molecule has 1 aromatic carbocycles. The highest BCUT2D eigenvalue weighted by Crippen LogP contribution is 2.18. The summed E-state index contributed by atoms with van der Waals surface area (Å²) in [4.78, 5) is 24.6. The Hall–Kier alpha value is -2.04. The molecular weight excluding hydrogens is 242 g/mol. The average Bonchev–Trinajstić information content (AvgIpc) is 2.33. The molecule has 1 aromatic rings. The first-order valence-electron chi connectivity index (χ1n) is 6.22. The lowest BCUT2D eigenvalue weighted by atomic mass is 10.1. The zero-order valence-electron chi connectivity index (χ0n) is 11.9. The molecule has 0 radical (unpaired) electrons. The maximum absolute atomic E-state index is 11.9. The fraction of sp³-hybridized carbons (Fsp3) is 0.429. The number of hydrogen-bond acceptors (Lipinski definition) is 3. The van der Waals surface area contributed by atoms with Crippen molar-refractivity contribution in [3.63, 3.8) is 0 Å². The highest BCUT2D eigenvalue weighted by atomic mass is 16.2. The third-order valence-electron chi connectivity index (χ3n) is 2.73. The number of carbonyl (C=O) groups is 2. The van der Waals surface area contributed by atoms with Gasteiger partial charge in [-0.2, -0.15) is 0 Å². The Kier molecular flexibility index (Phi) is 5.36. The van der Waals surface area contributed by atoms with Gasteiger partial charge >= 0.3 is 0 Å². The van der Waals surface area contributed by atoms with E-state index in [1.807, 2.05) is 38.1 Å². The molecule has 0 atom stereocenters. The number of carbonyl (C=O) groups excluding carboxylic acids is 2. The van der Waals surface area contributed by atoms with Crippen molar-refractivity contribution in [3.8, 4) is 0 Å². The van der Waals surface area contributed by atoms with Crippen LogP contribution in [0.3, 0.4) is 0 Å². The van der Waals surface area contributed by atoms with Gasteiger partial charge in [-0.1, -0.05) is 0 Å². The Morgan fingerprint density at radius 3 is 2.32 bits per heavy atom. The van der Waals surface area contributed by atoms with Crippen LogP contribution in [0, 0.1) is 6.92 Å². The van der Waals surface area contributed by atoms with Crippen LogP contribution in [0.15, 0.2) is 18.2 Å². The van der Waals surface area contributed by atoms with Gasteiger partial charge in [0.15, 0.2) is 0 Å². The number of rotatable bonds is 5. The summed E-state index contributed by atoms with van der Waals surface area (Å²) in [6.45, 7) is 4.29. The van der Waals surface area contributed by atoms with Gasteiger partial charge in [0.05, 0.1) is 0 Å². The molecule has 0 spiro atoms. The standard InChI is InChI=1S/C14H21N3O2/c1-10-9-12(5-6-13(10)17(3)4)14(19)16-8-7-15-11(2)18/h5-6,9H,7-8H2,1-4H3,(H,15,18)(H,16,19). The Balaban J connectivity index is 2.58. The van der Waals surface area contributed by atoms with Crippen molar-refractivity contribution in [3.05, 3.63) is 29.3 Å². The SMILES string of the molecule is CC(=O)NCCNC(=O)c1ccc(N(C)C)c(C)c1. The van der Waals surface area contributed by atoms with E-state index in [0.717, 1.165) is 11.3 Å². The van der Waals surface area contributed by atoms with E-state index >= 15 is 0 Å². The third-order valence-corrected chi connectivity index (χ3v) is 2.73. The summed E-state index contributed by atoms with van der Waals surface area (Å²) in [5, 5.41) is 5.39. The minimum Gasteiger partial charge on any atom is -0.377 e. The molecule has 5 nitrogen and oxygen atoms in total. The molecule has 0 saturated carbocycles. The molecule has 0 fully saturated rings. The lowest BCUT2D eigenvalue weighted by molar-refractivity contribution is -0.118. The van der Waals surface area contributed by atoms with Gasteiger partial charge in [-0.3, -0.25) is 9.59 Å². The van der Waals surface area contributed by atoms with E-state index in [9.17, 15) is 9.59 Å². The minimum atomic E-state index is -0.126. The van der Waals surface area contributed by atoms with E-state index in [0.29, 0.717) is 18.7 Å². The Morgan fingerprint density at radius 2 is 1.79 bits per heavy atom. The van der Waals surface area contributed by atoms with Crippen molar-refractivity contribution in [2.75, 3.05) is 32.1 Å². The molecule has 0 bridgehead atoms. The molecule has 0 saturated heterocycles. The molecular formula is C14H21N3O2. The number of anilines is 1. The van der Waals surface area contributed by atoms with E-state index in [2.05, 4.69) is 10.6 Å². The molecule has 0 aliphatic heterocycles. The van der Waals surface area contributed by atoms with E-state index < -0.39 is 0 Å². The number of aryl methyl sites for hydroxylation is 1. The number of hydrogen-bond donors (Lipinski definition) is 2. The lowest BCUT2D eigenvalue weighted by Crippen LogP contribution is -2.33. The summed E-state index contributed by atoms with van der Waals surface area (Å²) in [5.41, 5.74) is 2.78. The molecule has 1 rings (SSSR count). The highest BCUT2D eigenvalue weighted by molar-refractivity contribution is 5.94. The van der Waals surface area contributed by atoms with E-state index in [4.69, 9.17) is 0 Å². The van der Waals surface area contributed by atoms with Gasteiger partial charge < -0.3 is 15.5 Å². The van der Waals surface area contributed by atoms with Crippen LogP contribution in [0.1, 0.15) is 22.8 Å². The quantitative estimate of drug-likeness (QED) is 0.777. The summed E-state index contributed by atoms with van der Waals surface area (Å²) < 4.78 is 0. The average molecular weight is 263 g/mol. The lowest BCUT2D eigenvalue weighted by Gasteiger charge is -2.16. The van der Waals surface area contributed by atoms with Crippen molar-refractivity contribution in [2.45, 2.75) is 13.8 Å². The number of amides is 2. The number of nitrogens with one attached hydrogen (secondary N) is 2. The molecule has 2 amide bonds. The van der Waals surface area contributed by atoms with Crippen LogP contribution in [0.5, 0.6) is 0 Å². The molecule has 19 heavy (non-hydrogen) atoms. The van der Waals surface area contributed by atoms with E-state index in [1.54, 1.807) is 6.07 Å². The second-order valence-electron chi connectivity index (χ2n) is 4.63. The van der Waals surface area contributed by atoms with E-state index in [1.165, 1.54) is 6.92 Å². The molecule has 104 valence electrons. The Labute approximate surface area is 114 Å². The van der Waals surface area contributed by atoms with E-state index in [-0.39, 0.29) is 11.8 Å². The Morgan fingerprint density at radius 1 is 1.16 bits per heavy atom. The van der Waals surface area contributed by atoms with Crippen LogP contribution >= 0.6 is 0 Å². The van der Waals surface area contributed by atoms with Crippen LogP contribution in [0.4, 0.5) is 5.69 Å². The zero-order valence-corrected chi connectivity index (χ0v) is 11.9. The zero-order chi connectivity index (χ0) is 14.4. The first-order valence-corrected chi connectivity index (χ1v) is 6.22. The van der Waals surface area contributed by atoms with Crippen molar-refractivity contribution in [1.82, 2.24) is 10.6 Å². The largest absolute Gasteiger partial charge is 0.377 e. The normalized spacial score (nSPS) is 9.89. The predicted molar refractivity (Wildman–Crippen MR) is 76.5 cm³/mol. The summed E-state index contributed by atoms with van der Waals surface area (Å²) in [5.74, 6) is -0.223. The van der Waals surface area contributed by atoms with Crippen LogP contribution < -0.4 is 15.5 Å². The van der Waals surface area contributed by atoms with Crippen molar-refractivity contribution in [2.24, 2.45) is 0 Å². The fourth-order valence-electron chi connectivity index (χ4n) is 1.82. The van der Waals surface area contributed by atoms with Crippen molar-refractivity contribution >= 4 is 17.5 Å². The third kappa shape index (κ3) is 4.62. The van der Waals surface area contributed by atoms with Crippen LogP contribution in [-0.4, -0.2) is 39.0 Å². The fourth-order valence-corrected chi connectivity index (χ4v) is 1.82. The predicted octanol–water partition coefficient (Wildman–Crippen LogP) is 0.927. The first kappa shape index (κ1) is 15.0. The van der Waals surface area contributed by atoms with Crippen molar-refractivity contribution < 1.29 is 9.59 Å². The summed E-state index contributed by atoms with van der Waals surface area (Å²) in [6.07, 6.45) is 0.